The second-order valence-corrected chi connectivity index (χ2v) is 6.18. The highest BCUT2D eigenvalue weighted by molar-refractivity contribution is 9.10. The van der Waals surface area contributed by atoms with E-state index in [0.717, 1.165) is 16.5 Å². The summed E-state index contributed by atoms with van der Waals surface area (Å²) in [6.45, 7) is 2.22. The molecule has 0 bridgehead atoms. The molecule has 0 spiro atoms. The van der Waals surface area contributed by atoms with Gasteiger partial charge in [-0.3, -0.25) is 4.79 Å². The molecule has 102 valence electrons. The van der Waals surface area contributed by atoms with Gasteiger partial charge in [0.15, 0.2) is 0 Å². The van der Waals surface area contributed by atoms with Crippen LogP contribution in [0.3, 0.4) is 0 Å². The van der Waals surface area contributed by atoms with Crippen LogP contribution in [0.15, 0.2) is 34.8 Å². The molecule has 2 atom stereocenters. The van der Waals surface area contributed by atoms with Gasteiger partial charge in [0.05, 0.1) is 0 Å². The second-order valence-electron chi connectivity index (χ2n) is 5.27. The van der Waals surface area contributed by atoms with E-state index in [1.165, 1.54) is 19.3 Å². The summed E-state index contributed by atoms with van der Waals surface area (Å²) in [6.07, 6.45) is 8.33. The van der Waals surface area contributed by atoms with Crippen LogP contribution in [-0.4, -0.2) is 11.9 Å². The van der Waals surface area contributed by atoms with Crippen molar-refractivity contribution in [3.63, 3.8) is 0 Å². The van der Waals surface area contributed by atoms with Crippen molar-refractivity contribution < 1.29 is 4.79 Å². The molecule has 1 aromatic rings. The lowest BCUT2D eigenvalue weighted by Crippen LogP contribution is -2.40. The minimum Gasteiger partial charge on any atom is -0.350 e. The van der Waals surface area contributed by atoms with Crippen LogP contribution < -0.4 is 5.32 Å². The van der Waals surface area contributed by atoms with Crippen molar-refractivity contribution in [2.75, 3.05) is 0 Å². The van der Waals surface area contributed by atoms with Crippen LogP contribution in [0.4, 0.5) is 0 Å². The summed E-state index contributed by atoms with van der Waals surface area (Å²) in [5, 5.41) is 3.12. The van der Waals surface area contributed by atoms with E-state index in [2.05, 4.69) is 28.2 Å². The zero-order valence-corrected chi connectivity index (χ0v) is 12.8. The topological polar surface area (TPSA) is 29.1 Å². The quantitative estimate of drug-likeness (QED) is 0.832. The number of benzene rings is 1. The average Bonchev–Trinajstić information content (AvgIpc) is 2.39. The van der Waals surface area contributed by atoms with Crippen molar-refractivity contribution in [3.8, 4) is 0 Å². The summed E-state index contributed by atoms with van der Waals surface area (Å²) in [6, 6.07) is 8.25. The number of hydrogen-bond donors (Lipinski definition) is 1. The van der Waals surface area contributed by atoms with Gasteiger partial charge in [0.25, 0.3) is 0 Å². The van der Waals surface area contributed by atoms with E-state index in [0.29, 0.717) is 12.0 Å². The molecule has 1 aliphatic carbocycles. The van der Waals surface area contributed by atoms with Crippen LogP contribution in [0.2, 0.25) is 0 Å². The molecule has 1 aromatic carbocycles. The van der Waals surface area contributed by atoms with Crippen molar-refractivity contribution in [2.45, 2.75) is 38.6 Å². The number of amides is 1. The lowest BCUT2D eigenvalue weighted by molar-refractivity contribution is -0.117. The number of hydrogen-bond acceptors (Lipinski definition) is 1. The number of halogens is 1. The maximum absolute atomic E-state index is 11.9. The second kappa shape index (κ2) is 6.90. The van der Waals surface area contributed by atoms with Crippen molar-refractivity contribution >= 4 is 27.9 Å². The summed E-state index contributed by atoms with van der Waals surface area (Å²) in [5.41, 5.74) is 1.03. The van der Waals surface area contributed by atoms with Gasteiger partial charge in [-0.2, -0.15) is 0 Å². The molecule has 1 aliphatic rings. The fraction of sp³-hybridized carbons (Fsp3) is 0.438. The third kappa shape index (κ3) is 4.50. The summed E-state index contributed by atoms with van der Waals surface area (Å²) in [7, 11) is 0. The number of carbonyl (C=O) groups is 1. The third-order valence-corrected chi connectivity index (χ3v) is 4.21. The van der Waals surface area contributed by atoms with Crippen LogP contribution in [0.25, 0.3) is 6.08 Å². The lowest BCUT2D eigenvalue weighted by Gasteiger charge is -2.29. The zero-order chi connectivity index (χ0) is 13.7. The Bertz CT molecular complexity index is 470. The van der Waals surface area contributed by atoms with E-state index in [9.17, 15) is 4.79 Å². The third-order valence-electron chi connectivity index (χ3n) is 3.71. The van der Waals surface area contributed by atoms with E-state index in [4.69, 9.17) is 0 Å². The Morgan fingerprint density at radius 1 is 1.37 bits per heavy atom. The highest BCUT2D eigenvalue weighted by Gasteiger charge is 2.21. The van der Waals surface area contributed by atoms with Crippen molar-refractivity contribution in [1.29, 1.82) is 0 Å². The summed E-state index contributed by atoms with van der Waals surface area (Å²) in [4.78, 5) is 11.9. The van der Waals surface area contributed by atoms with Crippen LogP contribution in [0.5, 0.6) is 0 Å². The standard InChI is InChI=1S/C16H20BrNO/c1-12-5-2-3-8-15(12)18-16(19)10-9-13-6-4-7-14(17)11-13/h4,6-7,9-12,15H,2-3,5,8H2,1H3,(H,18,19)/b10-9+/t12-,15+/m0/s1. The van der Waals surface area contributed by atoms with E-state index in [1.807, 2.05) is 30.3 Å². The molecule has 3 heteroatoms. The van der Waals surface area contributed by atoms with Crippen LogP contribution in [0.1, 0.15) is 38.2 Å². The maximum atomic E-state index is 11.9. The normalized spacial score (nSPS) is 23.5. The molecule has 2 rings (SSSR count). The van der Waals surface area contributed by atoms with Gasteiger partial charge < -0.3 is 5.32 Å². The van der Waals surface area contributed by atoms with E-state index < -0.39 is 0 Å². The fourth-order valence-corrected chi connectivity index (χ4v) is 2.96. The molecule has 1 amide bonds. The molecular weight excluding hydrogens is 302 g/mol. The van der Waals surface area contributed by atoms with Crippen LogP contribution in [0, 0.1) is 5.92 Å². The van der Waals surface area contributed by atoms with Crippen molar-refractivity contribution in [1.82, 2.24) is 5.32 Å². The van der Waals surface area contributed by atoms with E-state index in [1.54, 1.807) is 6.08 Å². The first-order chi connectivity index (χ1) is 9.15. The maximum Gasteiger partial charge on any atom is 0.244 e. The number of carbonyl (C=O) groups excluding carboxylic acids is 1. The molecule has 1 saturated carbocycles. The van der Waals surface area contributed by atoms with Crippen molar-refractivity contribution in [2.24, 2.45) is 5.92 Å². The lowest BCUT2D eigenvalue weighted by atomic mass is 9.86. The van der Waals surface area contributed by atoms with Gasteiger partial charge >= 0.3 is 0 Å². The Kier molecular flexibility index (Phi) is 5.20. The highest BCUT2D eigenvalue weighted by Crippen LogP contribution is 2.23. The predicted octanol–water partition coefficient (Wildman–Crippen LogP) is 4.16. The first-order valence-electron chi connectivity index (χ1n) is 6.89. The molecule has 0 unspecified atom stereocenters. The SMILES string of the molecule is C[C@H]1CCCC[C@H]1NC(=O)/C=C/c1cccc(Br)c1. The number of rotatable bonds is 3. The zero-order valence-electron chi connectivity index (χ0n) is 11.2. The van der Waals surface area contributed by atoms with E-state index >= 15 is 0 Å². The minimum absolute atomic E-state index is 0.0127. The first-order valence-corrected chi connectivity index (χ1v) is 7.68. The summed E-state index contributed by atoms with van der Waals surface area (Å²) >= 11 is 3.42. The van der Waals surface area contributed by atoms with E-state index in [-0.39, 0.29) is 5.91 Å². The predicted molar refractivity (Wildman–Crippen MR) is 82.7 cm³/mol. The van der Waals surface area contributed by atoms with Gasteiger partial charge in [0.2, 0.25) is 5.91 Å². The molecule has 1 N–H and O–H groups in total. The molecule has 2 nitrogen and oxygen atoms in total. The minimum atomic E-state index is 0.0127. The highest BCUT2D eigenvalue weighted by atomic mass is 79.9. The molecular formula is C16H20BrNO. The van der Waals surface area contributed by atoms with Gasteiger partial charge in [-0.05, 0) is 42.5 Å². The Morgan fingerprint density at radius 2 is 2.16 bits per heavy atom. The monoisotopic (exact) mass is 321 g/mol. The van der Waals surface area contributed by atoms with Gasteiger partial charge in [0.1, 0.15) is 0 Å². The smallest absolute Gasteiger partial charge is 0.244 e. The molecule has 1 fully saturated rings. The number of nitrogens with one attached hydrogen (secondary N) is 1. The Morgan fingerprint density at radius 3 is 2.89 bits per heavy atom. The average molecular weight is 322 g/mol. The van der Waals surface area contributed by atoms with Gasteiger partial charge in [0, 0.05) is 16.6 Å². The molecule has 0 heterocycles. The van der Waals surface area contributed by atoms with Gasteiger partial charge in [-0.15, -0.1) is 0 Å². The molecule has 19 heavy (non-hydrogen) atoms. The molecule has 0 aliphatic heterocycles. The Labute approximate surface area is 123 Å². The van der Waals surface area contributed by atoms with Crippen LogP contribution in [-0.2, 0) is 4.79 Å². The molecule has 0 saturated heterocycles. The van der Waals surface area contributed by atoms with Crippen LogP contribution >= 0.6 is 15.9 Å². The summed E-state index contributed by atoms with van der Waals surface area (Å²) < 4.78 is 1.02. The van der Waals surface area contributed by atoms with Crippen molar-refractivity contribution in [3.05, 3.63) is 40.4 Å². The Balaban J connectivity index is 1.90. The first kappa shape index (κ1) is 14.3. The Hall–Kier alpha value is -1.09. The largest absolute Gasteiger partial charge is 0.350 e. The van der Waals surface area contributed by atoms with Gasteiger partial charge in [-0.1, -0.05) is 47.8 Å². The van der Waals surface area contributed by atoms with Gasteiger partial charge in [-0.25, -0.2) is 0 Å². The molecule has 0 radical (unpaired) electrons. The summed E-state index contributed by atoms with van der Waals surface area (Å²) in [5.74, 6) is 0.607. The fourth-order valence-electron chi connectivity index (χ4n) is 2.54. The molecule has 0 aromatic heterocycles.